The summed E-state index contributed by atoms with van der Waals surface area (Å²) in [6.45, 7) is 2.34. The summed E-state index contributed by atoms with van der Waals surface area (Å²) in [4.78, 5) is 24.9. The molecule has 10 heteroatoms. The Morgan fingerprint density at radius 3 is 2.36 bits per heavy atom. The normalized spacial score (nSPS) is 14.1. The third-order valence-corrected chi connectivity index (χ3v) is 9.31. The first-order chi connectivity index (χ1) is 21.2. The van der Waals surface area contributed by atoms with Gasteiger partial charge in [0.2, 0.25) is 5.91 Å². The van der Waals surface area contributed by atoms with Crippen LogP contribution in [0.15, 0.2) is 95.9 Å². The van der Waals surface area contributed by atoms with Gasteiger partial charge in [-0.25, -0.2) is 8.42 Å². The third-order valence-electron chi connectivity index (χ3n) is 7.47. The second-order valence-corrected chi connectivity index (χ2v) is 12.2. The number of rotatable bonds is 11. The van der Waals surface area contributed by atoms with Crippen LogP contribution in [0.2, 0.25) is 0 Å². The minimum Gasteiger partial charge on any atom is -0.496 e. The van der Waals surface area contributed by atoms with Crippen LogP contribution in [0, 0.1) is 6.92 Å². The van der Waals surface area contributed by atoms with Crippen molar-refractivity contribution in [1.82, 2.24) is 5.32 Å². The van der Waals surface area contributed by atoms with Crippen molar-refractivity contribution in [1.29, 1.82) is 0 Å². The summed E-state index contributed by atoms with van der Waals surface area (Å²) in [6, 6.07) is 25.7. The SMILES string of the molecule is COC(=O)Cc1ccc(OCCNC(=O)[C@@H]2Cc3ccccc3N2S(=O)(=O)c2ccc(-c3cc(C)ccc3OC)cc2)cc1. The number of hydrogen-bond acceptors (Lipinski definition) is 7. The van der Waals surface area contributed by atoms with Crippen molar-refractivity contribution in [2.75, 3.05) is 31.7 Å². The molecule has 0 radical (unpaired) electrons. The number of nitrogens with one attached hydrogen (secondary N) is 1. The van der Waals surface area contributed by atoms with E-state index in [9.17, 15) is 18.0 Å². The van der Waals surface area contributed by atoms with Crippen molar-refractivity contribution in [3.05, 3.63) is 108 Å². The monoisotopic (exact) mass is 614 g/mol. The number of hydrogen-bond donors (Lipinski definition) is 1. The maximum atomic E-state index is 14.0. The van der Waals surface area contributed by atoms with Gasteiger partial charge in [-0.1, -0.05) is 54.1 Å². The summed E-state index contributed by atoms with van der Waals surface area (Å²) in [5.74, 6) is 0.530. The largest absolute Gasteiger partial charge is 0.496 e. The van der Waals surface area contributed by atoms with Crippen molar-refractivity contribution in [2.24, 2.45) is 0 Å². The lowest BCUT2D eigenvalue weighted by Crippen LogP contribution is -2.48. The Morgan fingerprint density at radius 1 is 0.932 bits per heavy atom. The molecule has 0 bridgehead atoms. The lowest BCUT2D eigenvalue weighted by molar-refractivity contribution is -0.139. The zero-order valence-corrected chi connectivity index (χ0v) is 25.6. The number of carbonyl (C=O) groups excluding carboxylic acids is 2. The van der Waals surface area contributed by atoms with Crippen molar-refractivity contribution < 1.29 is 32.2 Å². The summed E-state index contributed by atoms with van der Waals surface area (Å²) < 4.78 is 45.2. The number of ether oxygens (including phenoxy) is 3. The fourth-order valence-electron chi connectivity index (χ4n) is 5.22. The van der Waals surface area contributed by atoms with E-state index in [1.54, 1.807) is 67.8 Å². The third kappa shape index (κ3) is 6.55. The van der Waals surface area contributed by atoms with E-state index in [1.807, 2.05) is 37.3 Å². The number of amides is 1. The Morgan fingerprint density at radius 2 is 1.66 bits per heavy atom. The number of benzene rings is 4. The molecule has 0 unspecified atom stereocenters. The van der Waals surface area contributed by atoms with Gasteiger partial charge in [0.25, 0.3) is 10.0 Å². The zero-order valence-electron chi connectivity index (χ0n) is 24.8. The van der Waals surface area contributed by atoms with Gasteiger partial charge in [0.05, 0.1) is 37.8 Å². The van der Waals surface area contributed by atoms with Crippen LogP contribution in [-0.2, 0) is 37.2 Å². The molecule has 0 saturated heterocycles. The first-order valence-corrected chi connectivity index (χ1v) is 15.6. The molecule has 0 spiro atoms. The van der Waals surface area contributed by atoms with Gasteiger partial charge in [0.1, 0.15) is 24.1 Å². The van der Waals surface area contributed by atoms with Gasteiger partial charge in [0, 0.05) is 12.0 Å². The van der Waals surface area contributed by atoms with Crippen LogP contribution in [0.3, 0.4) is 0 Å². The first-order valence-electron chi connectivity index (χ1n) is 14.1. The van der Waals surface area contributed by atoms with Crippen LogP contribution in [0.4, 0.5) is 5.69 Å². The van der Waals surface area contributed by atoms with Crippen LogP contribution in [0.25, 0.3) is 11.1 Å². The number of nitrogens with zero attached hydrogens (tertiary/aromatic N) is 1. The predicted molar refractivity (Wildman–Crippen MR) is 167 cm³/mol. The molecular formula is C34H34N2O7S. The van der Waals surface area contributed by atoms with Crippen LogP contribution < -0.4 is 19.1 Å². The minimum absolute atomic E-state index is 0.0846. The van der Waals surface area contributed by atoms with E-state index in [1.165, 1.54) is 11.4 Å². The molecule has 1 amide bonds. The molecule has 9 nitrogen and oxygen atoms in total. The summed E-state index contributed by atoms with van der Waals surface area (Å²) >= 11 is 0. The van der Waals surface area contributed by atoms with Gasteiger partial charge >= 0.3 is 5.97 Å². The molecule has 228 valence electrons. The molecule has 1 aliphatic rings. The smallest absolute Gasteiger partial charge is 0.309 e. The van der Waals surface area contributed by atoms with Gasteiger partial charge in [-0.3, -0.25) is 13.9 Å². The van der Waals surface area contributed by atoms with Crippen LogP contribution >= 0.6 is 0 Å². The number of methoxy groups -OCH3 is 2. The van der Waals surface area contributed by atoms with Gasteiger partial charge in [-0.15, -0.1) is 0 Å². The second kappa shape index (κ2) is 13.2. The highest BCUT2D eigenvalue weighted by molar-refractivity contribution is 7.93. The highest BCUT2D eigenvalue weighted by atomic mass is 32.2. The summed E-state index contributed by atoms with van der Waals surface area (Å²) in [5.41, 5.74) is 4.79. The lowest BCUT2D eigenvalue weighted by atomic mass is 10.0. The molecule has 0 aromatic heterocycles. The number of aryl methyl sites for hydroxylation is 1. The Hall–Kier alpha value is -4.83. The number of carbonyl (C=O) groups is 2. The predicted octanol–water partition coefficient (Wildman–Crippen LogP) is 4.70. The van der Waals surface area contributed by atoms with Gasteiger partial charge in [-0.2, -0.15) is 0 Å². The van der Waals surface area contributed by atoms with Crippen molar-refractivity contribution in [3.8, 4) is 22.6 Å². The van der Waals surface area contributed by atoms with E-state index in [0.717, 1.165) is 27.8 Å². The minimum atomic E-state index is -4.08. The fraction of sp³-hybridized carbons (Fsp3) is 0.235. The molecule has 44 heavy (non-hydrogen) atoms. The first kappa shape index (κ1) is 30.6. The van der Waals surface area contributed by atoms with E-state index in [-0.39, 0.29) is 36.9 Å². The quantitative estimate of drug-likeness (QED) is 0.193. The Kier molecular flexibility index (Phi) is 9.20. The molecule has 4 aromatic carbocycles. The molecule has 0 saturated carbocycles. The van der Waals surface area contributed by atoms with Crippen LogP contribution in [0.1, 0.15) is 16.7 Å². The van der Waals surface area contributed by atoms with E-state index in [2.05, 4.69) is 10.1 Å². The number of para-hydroxylation sites is 1. The molecule has 1 heterocycles. The highest BCUT2D eigenvalue weighted by Gasteiger charge is 2.42. The van der Waals surface area contributed by atoms with Crippen molar-refractivity contribution >= 4 is 27.6 Å². The lowest BCUT2D eigenvalue weighted by Gasteiger charge is -2.26. The van der Waals surface area contributed by atoms with E-state index in [4.69, 9.17) is 9.47 Å². The summed E-state index contributed by atoms with van der Waals surface area (Å²) in [7, 11) is -1.14. The van der Waals surface area contributed by atoms with Crippen LogP contribution in [-0.4, -0.2) is 53.7 Å². The summed E-state index contributed by atoms with van der Waals surface area (Å²) in [5, 5.41) is 2.83. The molecule has 1 N–H and O–H groups in total. The number of esters is 1. The van der Waals surface area contributed by atoms with E-state index >= 15 is 0 Å². The molecule has 0 fully saturated rings. The van der Waals surface area contributed by atoms with Gasteiger partial charge in [-0.05, 0) is 66.1 Å². The van der Waals surface area contributed by atoms with Gasteiger partial charge in [0.15, 0.2) is 0 Å². The maximum Gasteiger partial charge on any atom is 0.309 e. The summed E-state index contributed by atoms with van der Waals surface area (Å²) in [6.07, 6.45) is 0.421. The number of sulfonamides is 1. The molecular weight excluding hydrogens is 580 g/mol. The average Bonchev–Trinajstić information content (AvgIpc) is 3.44. The molecule has 5 rings (SSSR count). The van der Waals surface area contributed by atoms with E-state index in [0.29, 0.717) is 17.2 Å². The maximum absolute atomic E-state index is 14.0. The fourth-order valence-corrected chi connectivity index (χ4v) is 6.87. The average molecular weight is 615 g/mol. The number of anilines is 1. The van der Waals surface area contributed by atoms with Gasteiger partial charge < -0.3 is 19.5 Å². The molecule has 0 aliphatic carbocycles. The van der Waals surface area contributed by atoms with Crippen molar-refractivity contribution in [2.45, 2.75) is 30.7 Å². The Labute approximate surface area is 257 Å². The molecule has 1 atom stereocenters. The standard InChI is InChI=1S/C34H34N2O7S/c1-23-8-17-32(41-2)29(20-23)25-11-15-28(16-12-25)44(39,40)36-30-7-5-4-6-26(30)22-31(36)34(38)35-18-19-43-27-13-9-24(10-14-27)21-33(37)42-3/h4-17,20,31H,18-19,21-22H2,1-3H3,(H,35,38)/t31-/m0/s1. The Bertz CT molecular complexity index is 1750. The number of fused-ring (bicyclic) bond motifs is 1. The van der Waals surface area contributed by atoms with Crippen molar-refractivity contribution in [3.63, 3.8) is 0 Å². The van der Waals surface area contributed by atoms with Crippen LogP contribution in [0.5, 0.6) is 11.5 Å². The molecule has 4 aromatic rings. The van der Waals surface area contributed by atoms with E-state index < -0.39 is 22.0 Å². The molecule has 1 aliphatic heterocycles. The zero-order chi connectivity index (χ0) is 31.3. The highest BCUT2D eigenvalue weighted by Crippen LogP contribution is 2.38. The Balaban J connectivity index is 1.29. The second-order valence-electron chi connectivity index (χ2n) is 10.4. The topological polar surface area (TPSA) is 111 Å².